The fraction of sp³-hybridized carbons (Fsp3) is 0. The van der Waals surface area contributed by atoms with E-state index >= 15 is 0 Å². The van der Waals surface area contributed by atoms with Gasteiger partial charge in [0.15, 0.2) is 0 Å². The predicted octanol–water partition coefficient (Wildman–Crippen LogP) is 7.74. The molecule has 0 spiro atoms. The minimum atomic E-state index is 0.718. The van der Waals surface area contributed by atoms with Gasteiger partial charge in [-0.05, 0) is 51.2 Å². The van der Waals surface area contributed by atoms with Crippen LogP contribution in [0.4, 0.5) is 11.4 Å². The van der Waals surface area contributed by atoms with Crippen LogP contribution in [0.2, 0.25) is 5.02 Å². The summed E-state index contributed by atoms with van der Waals surface area (Å²) in [5.74, 6) is 0. The molecule has 25 heavy (non-hydrogen) atoms. The highest BCUT2D eigenvalue weighted by molar-refractivity contribution is 9.10. The van der Waals surface area contributed by atoms with Crippen LogP contribution in [0.3, 0.4) is 0 Å². The van der Waals surface area contributed by atoms with Crippen LogP contribution in [0.5, 0.6) is 0 Å². The third-order valence-electron chi connectivity index (χ3n) is 4.75. The van der Waals surface area contributed by atoms with Crippen LogP contribution in [-0.2, 0) is 0 Å². The van der Waals surface area contributed by atoms with Gasteiger partial charge in [0.05, 0.1) is 10.7 Å². The zero-order valence-corrected chi connectivity index (χ0v) is 15.5. The Morgan fingerprint density at radius 2 is 1.28 bits per heavy atom. The summed E-state index contributed by atoms with van der Waals surface area (Å²) in [5, 5.41) is 11.7. The largest absolute Gasteiger partial charge is 0.354 e. The molecule has 5 rings (SSSR count). The molecule has 0 heterocycles. The Kier molecular flexibility index (Phi) is 3.37. The highest BCUT2D eigenvalue weighted by Crippen LogP contribution is 2.41. The van der Waals surface area contributed by atoms with E-state index in [4.69, 9.17) is 11.6 Å². The van der Waals surface area contributed by atoms with E-state index < -0.39 is 0 Å². The van der Waals surface area contributed by atoms with Gasteiger partial charge >= 0.3 is 0 Å². The number of rotatable bonds is 2. The molecule has 0 fully saturated rings. The van der Waals surface area contributed by atoms with Crippen molar-refractivity contribution in [2.24, 2.45) is 0 Å². The molecular weight excluding hydrogens is 394 g/mol. The van der Waals surface area contributed by atoms with Crippen molar-refractivity contribution in [2.75, 3.05) is 5.32 Å². The SMILES string of the molecule is Clc1ccccc1Nc1ccc2ccc3ccc(Br)c4ccc1c2c34. The fourth-order valence-corrected chi connectivity index (χ4v) is 4.23. The van der Waals surface area contributed by atoms with Gasteiger partial charge in [-0.2, -0.15) is 0 Å². The van der Waals surface area contributed by atoms with Gasteiger partial charge in [0.2, 0.25) is 0 Å². The molecule has 0 bridgehead atoms. The Morgan fingerprint density at radius 1 is 0.640 bits per heavy atom. The highest BCUT2D eigenvalue weighted by Gasteiger charge is 2.13. The number of halogens is 2. The van der Waals surface area contributed by atoms with E-state index in [2.05, 4.69) is 69.8 Å². The minimum absolute atomic E-state index is 0.718. The van der Waals surface area contributed by atoms with Gasteiger partial charge in [-0.15, -0.1) is 0 Å². The normalized spacial score (nSPS) is 11.6. The summed E-state index contributed by atoms with van der Waals surface area (Å²) < 4.78 is 1.12. The van der Waals surface area contributed by atoms with E-state index in [1.165, 1.54) is 32.3 Å². The molecule has 120 valence electrons. The van der Waals surface area contributed by atoms with Crippen LogP contribution in [0.1, 0.15) is 0 Å². The molecule has 0 aliphatic carbocycles. The molecule has 0 aliphatic heterocycles. The van der Waals surface area contributed by atoms with Crippen molar-refractivity contribution in [3.63, 3.8) is 0 Å². The summed E-state index contributed by atoms with van der Waals surface area (Å²) >= 11 is 10.0. The van der Waals surface area contributed by atoms with Gasteiger partial charge in [0, 0.05) is 15.5 Å². The molecule has 0 saturated heterocycles. The van der Waals surface area contributed by atoms with Crippen molar-refractivity contribution in [3.05, 3.63) is 82.3 Å². The zero-order chi connectivity index (χ0) is 17.0. The lowest BCUT2D eigenvalue weighted by atomic mass is 9.93. The molecule has 0 saturated carbocycles. The molecule has 0 amide bonds. The molecule has 1 nitrogen and oxygen atoms in total. The number of para-hydroxylation sites is 1. The van der Waals surface area contributed by atoms with E-state index in [1.54, 1.807) is 0 Å². The lowest BCUT2D eigenvalue weighted by molar-refractivity contribution is 1.58. The van der Waals surface area contributed by atoms with Crippen molar-refractivity contribution < 1.29 is 0 Å². The van der Waals surface area contributed by atoms with Crippen LogP contribution in [0, 0.1) is 0 Å². The quantitative estimate of drug-likeness (QED) is 0.296. The van der Waals surface area contributed by atoms with Gasteiger partial charge in [-0.1, -0.05) is 76.1 Å². The predicted molar refractivity (Wildman–Crippen MR) is 113 cm³/mol. The molecule has 0 unspecified atom stereocenters. The summed E-state index contributed by atoms with van der Waals surface area (Å²) in [4.78, 5) is 0. The maximum atomic E-state index is 6.33. The van der Waals surface area contributed by atoms with Crippen LogP contribution in [-0.4, -0.2) is 0 Å². The summed E-state index contributed by atoms with van der Waals surface area (Å²) in [6, 6.07) is 25.2. The minimum Gasteiger partial charge on any atom is -0.354 e. The molecule has 3 heteroatoms. The third-order valence-corrected chi connectivity index (χ3v) is 5.78. The molecule has 0 aliphatic rings. The van der Waals surface area contributed by atoms with Crippen LogP contribution in [0.15, 0.2) is 77.3 Å². The number of hydrogen-bond donors (Lipinski definition) is 1. The van der Waals surface area contributed by atoms with Crippen LogP contribution >= 0.6 is 27.5 Å². The van der Waals surface area contributed by atoms with Crippen molar-refractivity contribution in [1.82, 2.24) is 0 Å². The summed E-state index contributed by atoms with van der Waals surface area (Å²) in [5.41, 5.74) is 1.98. The van der Waals surface area contributed by atoms with Crippen molar-refractivity contribution in [2.45, 2.75) is 0 Å². The molecule has 5 aromatic rings. The smallest absolute Gasteiger partial charge is 0.0640 e. The van der Waals surface area contributed by atoms with Gasteiger partial charge in [-0.3, -0.25) is 0 Å². The first-order valence-corrected chi connectivity index (χ1v) is 9.27. The van der Waals surface area contributed by atoms with Crippen LogP contribution < -0.4 is 5.32 Å². The topological polar surface area (TPSA) is 12.0 Å². The van der Waals surface area contributed by atoms with Gasteiger partial charge in [0.1, 0.15) is 0 Å². The first kappa shape index (κ1) is 15.0. The summed E-state index contributed by atoms with van der Waals surface area (Å²) in [6.07, 6.45) is 0. The highest BCUT2D eigenvalue weighted by atomic mass is 79.9. The first-order chi connectivity index (χ1) is 12.2. The molecule has 0 radical (unpaired) electrons. The Balaban J connectivity index is 1.84. The second-order valence-electron chi connectivity index (χ2n) is 6.19. The van der Waals surface area contributed by atoms with Gasteiger partial charge < -0.3 is 5.32 Å². The van der Waals surface area contributed by atoms with E-state index in [9.17, 15) is 0 Å². The van der Waals surface area contributed by atoms with Crippen LogP contribution in [0.25, 0.3) is 32.3 Å². The Morgan fingerprint density at radius 3 is 2.08 bits per heavy atom. The Bertz CT molecular complexity index is 1250. The maximum absolute atomic E-state index is 6.33. The molecule has 1 N–H and O–H groups in total. The lowest BCUT2D eigenvalue weighted by Gasteiger charge is -2.16. The maximum Gasteiger partial charge on any atom is 0.0640 e. The van der Waals surface area contributed by atoms with E-state index in [0.717, 1.165) is 20.9 Å². The van der Waals surface area contributed by atoms with E-state index in [-0.39, 0.29) is 0 Å². The molecule has 5 aromatic carbocycles. The molecular formula is C22H13BrClN. The Hall–Kier alpha value is -2.29. The van der Waals surface area contributed by atoms with Crippen molar-refractivity contribution >= 4 is 71.2 Å². The number of hydrogen-bond acceptors (Lipinski definition) is 1. The second-order valence-corrected chi connectivity index (χ2v) is 7.45. The monoisotopic (exact) mass is 405 g/mol. The standard InChI is InChI=1S/C22H13BrClN/c23-17-11-7-13-5-6-14-8-12-19(25-20-4-2-1-3-18(20)24)16-10-9-15(17)21(13)22(14)16/h1-12,25H. The number of nitrogens with one attached hydrogen (secondary N) is 1. The Labute approximate surface area is 158 Å². The summed E-state index contributed by atoms with van der Waals surface area (Å²) in [6.45, 7) is 0. The number of anilines is 2. The van der Waals surface area contributed by atoms with Crippen molar-refractivity contribution in [1.29, 1.82) is 0 Å². The lowest BCUT2D eigenvalue weighted by Crippen LogP contribution is -1.94. The van der Waals surface area contributed by atoms with E-state index in [0.29, 0.717) is 0 Å². The summed E-state index contributed by atoms with van der Waals surface area (Å²) in [7, 11) is 0. The zero-order valence-electron chi connectivity index (χ0n) is 13.2. The fourth-order valence-electron chi connectivity index (χ4n) is 3.58. The second kappa shape index (κ2) is 5.62. The van der Waals surface area contributed by atoms with Gasteiger partial charge in [-0.25, -0.2) is 0 Å². The van der Waals surface area contributed by atoms with Crippen molar-refractivity contribution in [3.8, 4) is 0 Å². The average molecular weight is 407 g/mol. The first-order valence-electron chi connectivity index (χ1n) is 8.10. The molecule has 0 aromatic heterocycles. The van der Waals surface area contributed by atoms with E-state index in [1.807, 2.05) is 24.3 Å². The number of benzene rings is 5. The third kappa shape index (κ3) is 2.29. The van der Waals surface area contributed by atoms with Gasteiger partial charge in [0.25, 0.3) is 0 Å². The average Bonchev–Trinajstić information content (AvgIpc) is 2.64. The molecule has 0 atom stereocenters.